The fraction of sp³-hybridized carbons (Fsp3) is 0.308. The van der Waals surface area contributed by atoms with Crippen LogP contribution in [0.15, 0.2) is 23.4 Å². The summed E-state index contributed by atoms with van der Waals surface area (Å²) >= 11 is 7.49. The molecule has 0 saturated heterocycles. The second-order valence-electron chi connectivity index (χ2n) is 3.84. The monoisotopic (exact) mass is 290 g/mol. The maximum atomic E-state index is 8.73. The number of hydrogen-bond donors (Lipinski definition) is 0. The molecule has 4 nitrogen and oxygen atoms in total. The number of halogens is 1. The smallest absolute Gasteiger partial charge is 0.169 e. The van der Waals surface area contributed by atoms with Crippen LogP contribution < -0.4 is 0 Å². The van der Waals surface area contributed by atoms with Crippen LogP contribution in [0.3, 0.4) is 0 Å². The molecule has 0 atom stereocenters. The Bertz CT molecular complexity index is 666. The van der Waals surface area contributed by atoms with E-state index in [1.165, 1.54) is 11.8 Å². The molecular formula is C13H11ClN4S. The lowest BCUT2D eigenvalue weighted by molar-refractivity contribution is 0.667. The zero-order valence-electron chi connectivity index (χ0n) is 10.1. The first-order valence-electron chi connectivity index (χ1n) is 5.78. The van der Waals surface area contributed by atoms with Gasteiger partial charge in [0.25, 0.3) is 0 Å². The van der Waals surface area contributed by atoms with Crippen LogP contribution in [0.25, 0.3) is 11.0 Å². The third kappa shape index (κ3) is 3.20. The Hall–Kier alpha value is -1.69. The summed E-state index contributed by atoms with van der Waals surface area (Å²) in [5.41, 5.74) is 1.80. The van der Waals surface area contributed by atoms with Crippen LogP contribution >= 0.6 is 23.4 Å². The number of benzene rings is 1. The Morgan fingerprint density at radius 1 is 1.26 bits per heavy atom. The van der Waals surface area contributed by atoms with E-state index in [4.69, 9.17) is 22.1 Å². The molecule has 2 aromatic rings. The molecule has 0 fully saturated rings. The summed E-state index contributed by atoms with van der Waals surface area (Å²) in [6.07, 6.45) is 0.909. The molecule has 0 amide bonds. The van der Waals surface area contributed by atoms with Gasteiger partial charge in [0, 0.05) is 23.7 Å². The molecule has 0 N–H and O–H groups in total. The highest BCUT2D eigenvalue weighted by Crippen LogP contribution is 2.26. The maximum absolute atomic E-state index is 8.73. The molecule has 6 heteroatoms. The lowest BCUT2D eigenvalue weighted by Gasteiger charge is -2.05. The topological polar surface area (TPSA) is 65.4 Å². The molecule has 96 valence electrons. The minimum Gasteiger partial charge on any atom is -0.318 e. The zero-order chi connectivity index (χ0) is 13.7. The van der Waals surface area contributed by atoms with Crippen molar-refractivity contribution in [2.75, 3.05) is 5.75 Å². The highest BCUT2D eigenvalue weighted by molar-refractivity contribution is 7.99. The predicted octanol–water partition coefficient (Wildman–Crippen LogP) is 3.61. The van der Waals surface area contributed by atoms with E-state index in [9.17, 15) is 0 Å². The van der Waals surface area contributed by atoms with Crippen LogP contribution in [0, 0.1) is 22.7 Å². The molecule has 0 bridgehead atoms. The second-order valence-corrected chi connectivity index (χ2v) is 5.34. The third-order valence-electron chi connectivity index (χ3n) is 2.57. The summed E-state index contributed by atoms with van der Waals surface area (Å²) in [7, 11) is 0. The third-order valence-corrected chi connectivity index (χ3v) is 3.78. The van der Waals surface area contributed by atoms with Crippen LogP contribution in [0.2, 0.25) is 5.02 Å². The molecule has 0 radical (unpaired) electrons. The summed E-state index contributed by atoms with van der Waals surface area (Å²) in [5.74, 6) is 0.695. The molecular weight excluding hydrogens is 280 g/mol. The Morgan fingerprint density at radius 2 is 2.05 bits per heavy atom. The van der Waals surface area contributed by atoms with Gasteiger partial charge in [-0.2, -0.15) is 10.5 Å². The summed E-state index contributed by atoms with van der Waals surface area (Å²) < 4.78 is 2.01. The minimum atomic E-state index is 0.430. The van der Waals surface area contributed by atoms with Gasteiger partial charge in [0.15, 0.2) is 5.16 Å². The van der Waals surface area contributed by atoms with E-state index in [1.54, 1.807) is 0 Å². The molecule has 0 unspecified atom stereocenters. The Morgan fingerprint density at radius 3 is 2.79 bits per heavy atom. The molecule has 0 spiro atoms. The van der Waals surface area contributed by atoms with Gasteiger partial charge in [-0.05, 0) is 18.2 Å². The zero-order valence-corrected chi connectivity index (χ0v) is 11.7. The van der Waals surface area contributed by atoms with Gasteiger partial charge in [-0.1, -0.05) is 23.4 Å². The Kier molecular flexibility index (Phi) is 4.68. The molecule has 1 heterocycles. The quantitative estimate of drug-likeness (QED) is 0.623. The van der Waals surface area contributed by atoms with Crippen molar-refractivity contribution in [1.82, 2.24) is 9.55 Å². The van der Waals surface area contributed by atoms with Gasteiger partial charge >= 0.3 is 0 Å². The normalized spacial score (nSPS) is 10.3. The Balaban J connectivity index is 2.37. The van der Waals surface area contributed by atoms with Crippen molar-refractivity contribution in [3.8, 4) is 12.1 Å². The number of nitrogens with zero attached hydrogens (tertiary/aromatic N) is 4. The van der Waals surface area contributed by atoms with E-state index in [1.807, 2.05) is 22.8 Å². The number of imidazole rings is 1. The molecule has 0 aliphatic heterocycles. The molecule has 1 aromatic heterocycles. The highest BCUT2D eigenvalue weighted by atomic mass is 35.5. The van der Waals surface area contributed by atoms with Crippen molar-refractivity contribution in [3.63, 3.8) is 0 Å². The van der Waals surface area contributed by atoms with Crippen molar-refractivity contribution < 1.29 is 0 Å². The van der Waals surface area contributed by atoms with Crippen molar-refractivity contribution in [2.24, 2.45) is 0 Å². The maximum Gasteiger partial charge on any atom is 0.169 e. The van der Waals surface area contributed by atoms with Gasteiger partial charge in [-0.25, -0.2) is 4.98 Å². The highest BCUT2D eigenvalue weighted by Gasteiger charge is 2.11. The Labute approximate surface area is 120 Å². The molecule has 0 saturated carbocycles. The van der Waals surface area contributed by atoms with Crippen molar-refractivity contribution in [1.29, 1.82) is 10.5 Å². The first-order chi connectivity index (χ1) is 9.26. The van der Waals surface area contributed by atoms with Crippen LogP contribution in [0.5, 0.6) is 0 Å². The fourth-order valence-electron chi connectivity index (χ4n) is 1.76. The molecule has 0 aliphatic carbocycles. The first kappa shape index (κ1) is 13.7. The number of nitriles is 2. The SMILES string of the molecule is N#CCCSc1nc2cc(Cl)ccc2n1CCC#N. The average Bonchev–Trinajstić information content (AvgIpc) is 2.73. The summed E-state index contributed by atoms with van der Waals surface area (Å²) in [5, 5.41) is 18.8. The number of aromatic nitrogens is 2. The lowest BCUT2D eigenvalue weighted by atomic mass is 10.3. The van der Waals surface area contributed by atoms with Crippen molar-refractivity contribution >= 4 is 34.4 Å². The van der Waals surface area contributed by atoms with Gasteiger partial charge in [0.2, 0.25) is 0 Å². The van der Waals surface area contributed by atoms with E-state index in [0.29, 0.717) is 30.2 Å². The summed E-state index contributed by atoms with van der Waals surface area (Å²) in [6.45, 7) is 0.601. The van der Waals surface area contributed by atoms with Crippen molar-refractivity contribution in [3.05, 3.63) is 23.2 Å². The van der Waals surface area contributed by atoms with Crippen molar-refractivity contribution in [2.45, 2.75) is 24.5 Å². The fourth-order valence-corrected chi connectivity index (χ4v) is 2.81. The largest absolute Gasteiger partial charge is 0.318 e. The van der Waals surface area contributed by atoms with Gasteiger partial charge in [-0.3, -0.25) is 0 Å². The first-order valence-corrected chi connectivity index (χ1v) is 7.15. The van der Waals surface area contributed by atoms with Crippen LogP contribution in [-0.2, 0) is 6.54 Å². The van der Waals surface area contributed by atoms with Crippen LogP contribution in [-0.4, -0.2) is 15.3 Å². The number of hydrogen-bond acceptors (Lipinski definition) is 4. The van der Waals surface area contributed by atoms with Gasteiger partial charge in [0.1, 0.15) is 0 Å². The summed E-state index contributed by atoms with van der Waals surface area (Å²) in [6, 6.07) is 9.80. The average molecular weight is 291 g/mol. The minimum absolute atomic E-state index is 0.430. The molecule has 0 aliphatic rings. The van der Waals surface area contributed by atoms with E-state index in [0.717, 1.165) is 16.2 Å². The molecule has 19 heavy (non-hydrogen) atoms. The van der Waals surface area contributed by atoms with E-state index in [-0.39, 0.29) is 0 Å². The van der Waals surface area contributed by atoms with Crippen LogP contribution in [0.4, 0.5) is 0 Å². The molecule has 2 rings (SSSR count). The number of aryl methyl sites for hydroxylation is 1. The summed E-state index contributed by atoms with van der Waals surface area (Å²) in [4.78, 5) is 4.52. The number of thioether (sulfide) groups is 1. The lowest BCUT2D eigenvalue weighted by Crippen LogP contribution is -1.99. The van der Waals surface area contributed by atoms with E-state index >= 15 is 0 Å². The van der Waals surface area contributed by atoms with E-state index < -0.39 is 0 Å². The number of rotatable bonds is 5. The standard InChI is InChI=1S/C13H11ClN4S/c14-10-3-4-12-11(9-10)17-13(19-8-2-6-16)18(12)7-1-5-15/h3-4,9H,1-2,7-8H2. The number of fused-ring (bicyclic) bond motifs is 1. The second kappa shape index (κ2) is 6.47. The van der Waals surface area contributed by atoms with Gasteiger partial charge < -0.3 is 4.57 Å². The molecule has 1 aromatic carbocycles. The van der Waals surface area contributed by atoms with E-state index in [2.05, 4.69) is 17.1 Å². The predicted molar refractivity (Wildman–Crippen MR) is 75.9 cm³/mol. The van der Waals surface area contributed by atoms with Gasteiger partial charge in [0.05, 0.1) is 29.6 Å². The van der Waals surface area contributed by atoms with Gasteiger partial charge in [-0.15, -0.1) is 0 Å². The van der Waals surface area contributed by atoms with Crippen LogP contribution in [0.1, 0.15) is 12.8 Å².